The first-order valence-corrected chi connectivity index (χ1v) is 9.66. The predicted octanol–water partition coefficient (Wildman–Crippen LogP) is 3.81. The number of likely N-dealkylation sites (tertiary alicyclic amines) is 1. The number of nitrogens with zero attached hydrogens (tertiary/aromatic N) is 1. The highest BCUT2D eigenvalue weighted by Crippen LogP contribution is 2.21. The number of rotatable bonds is 12. The van der Waals surface area contributed by atoms with E-state index in [1.165, 1.54) is 44.9 Å². The highest BCUT2D eigenvalue weighted by Gasteiger charge is 2.34. The summed E-state index contributed by atoms with van der Waals surface area (Å²) in [5.74, 6) is 0.160. The summed E-state index contributed by atoms with van der Waals surface area (Å²) in [5.41, 5.74) is 5.69. The van der Waals surface area contributed by atoms with Crippen LogP contribution in [0.5, 0.6) is 0 Å². The standard InChI is InChI=1S/C19H36N2O2/c1-3-4-5-6-7-8-9-10-11-14-18(22)21-15-12-13-17(21)19(23)16(2)20/h16-17H,3-15,20H2,1-2H3. The summed E-state index contributed by atoms with van der Waals surface area (Å²) in [6.07, 6.45) is 13.6. The number of amides is 1. The predicted molar refractivity (Wildman–Crippen MR) is 95.2 cm³/mol. The van der Waals surface area contributed by atoms with Gasteiger partial charge in [-0.1, -0.05) is 58.3 Å². The molecule has 2 N–H and O–H groups in total. The maximum Gasteiger partial charge on any atom is 0.223 e. The number of hydrogen-bond acceptors (Lipinski definition) is 3. The maximum absolute atomic E-state index is 12.3. The lowest BCUT2D eigenvalue weighted by atomic mass is 10.0. The van der Waals surface area contributed by atoms with Crippen molar-refractivity contribution in [3.05, 3.63) is 0 Å². The van der Waals surface area contributed by atoms with Crippen LogP contribution in [-0.4, -0.2) is 35.2 Å². The fraction of sp³-hybridized carbons (Fsp3) is 0.895. The molecule has 1 amide bonds. The van der Waals surface area contributed by atoms with Crippen LogP contribution in [0.4, 0.5) is 0 Å². The van der Waals surface area contributed by atoms with E-state index in [0.29, 0.717) is 6.42 Å². The Kier molecular flexibility index (Phi) is 10.2. The van der Waals surface area contributed by atoms with Gasteiger partial charge in [0.1, 0.15) is 0 Å². The van der Waals surface area contributed by atoms with Gasteiger partial charge in [-0.2, -0.15) is 0 Å². The molecule has 2 unspecified atom stereocenters. The van der Waals surface area contributed by atoms with E-state index in [2.05, 4.69) is 6.92 Å². The van der Waals surface area contributed by atoms with Crippen molar-refractivity contribution >= 4 is 11.7 Å². The summed E-state index contributed by atoms with van der Waals surface area (Å²) in [4.78, 5) is 26.2. The summed E-state index contributed by atoms with van der Waals surface area (Å²) in [6, 6.07) is -0.734. The number of unbranched alkanes of at least 4 members (excludes halogenated alkanes) is 8. The molecule has 4 nitrogen and oxygen atoms in total. The van der Waals surface area contributed by atoms with E-state index in [1.54, 1.807) is 11.8 Å². The van der Waals surface area contributed by atoms with Crippen LogP contribution in [-0.2, 0) is 9.59 Å². The first-order chi connectivity index (χ1) is 11.1. The topological polar surface area (TPSA) is 63.4 Å². The molecule has 0 saturated carbocycles. The van der Waals surface area contributed by atoms with Crippen molar-refractivity contribution in [3.8, 4) is 0 Å². The SMILES string of the molecule is CCCCCCCCCCCC(=O)N1CCCC1C(=O)C(C)N. The molecule has 1 rings (SSSR count). The van der Waals surface area contributed by atoms with Gasteiger partial charge in [0.2, 0.25) is 5.91 Å². The molecule has 4 heteroatoms. The van der Waals surface area contributed by atoms with Gasteiger partial charge in [0.05, 0.1) is 12.1 Å². The highest BCUT2D eigenvalue weighted by atomic mass is 16.2. The second-order valence-electron chi connectivity index (χ2n) is 7.01. The first-order valence-electron chi connectivity index (χ1n) is 9.66. The van der Waals surface area contributed by atoms with E-state index in [0.717, 1.165) is 32.2 Å². The molecule has 0 bridgehead atoms. The molecule has 134 valence electrons. The molecule has 1 heterocycles. The minimum atomic E-state index is -0.471. The number of hydrogen-bond donors (Lipinski definition) is 1. The van der Waals surface area contributed by atoms with Gasteiger partial charge in [-0.15, -0.1) is 0 Å². The summed E-state index contributed by atoms with van der Waals surface area (Å²) in [7, 11) is 0. The van der Waals surface area contributed by atoms with E-state index < -0.39 is 6.04 Å². The first kappa shape index (κ1) is 20.1. The van der Waals surface area contributed by atoms with Gasteiger partial charge < -0.3 is 10.6 Å². The zero-order valence-corrected chi connectivity index (χ0v) is 15.2. The van der Waals surface area contributed by atoms with Crippen LogP contribution in [0.15, 0.2) is 0 Å². The summed E-state index contributed by atoms with van der Waals surface area (Å²) in [5, 5.41) is 0. The summed E-state index contributed by atoms with van der Waals surface area (Å²) < 4.78 is 0. The smallest absolute Gasteiger partial charge is 0.223 e. The molecule has 2 atom stereocenters. The largest absolute Gasteiger partial charge is 0.333 e. The summed E-state index contributed by atoms with van der Waals surface area (Å²) >= 11 is 0. The Labute approximate surface area is 142 Å². The Bertz CT molecular complexity index is 355. The van der Waals surface area contributed by atoms with Crippen LogP contribution in [0.3, 0.4) is 0 Å². The van der Waals surface area contributed by atoms with Gasteiger partial charge in [-0.25, -0.2) is 0 Å². The van der Waals surface area contributed by atoms with Crippen LogP contribution >= 0.6 is 0 Å². The molecule has 0 radical (unpaired) electrons. The van der Waals surface area contributed by atoms with Gasteiger partial charge in [0.15, 0.2) is 5.78 Å². The van der Waals surface area contributed by atoms with E-state index in [-0.39, 0.29) is 17.7 Å². The number of carbonyl (C=O) groups excluding carboxylic acids is 2. The van der Waals surface area contributed by atoms with Crippen LogP contribution in [0, 0.1) is 0 Å². The lowest BCUT2D eigenvalue weighted by Crippen LogP contribution is -2.46. The van der Waals surface area contributed by atoms with E-state index in [4.69, 9.17) is 5.73 Å². The van der Waals surface area contributed by atoms with Gasteiger partial charge in [0, 0.05) is 13.0 Å². The second-order valence-corrected chi connectivity index (χ2v) is 7.01. The third-order valence-electron chi connectivity index (χ3n) is 4.84. The third kappa shape index (κ3) is 7.47. The Morgan fingerprint density at radius 2 is 1.61 bits per heavy atom. The monoisotopic (exact) mass is 324 g/mol. The fourth-order valence-corrected chi connectivity index (χ4v) is 3.39. The second kappa shape index (κ2) is 11.6. The highest BCUT2D eigenvalue weighted by molar-refractivity contribution is 5.92. The van der Waals surface area contributed by atoms with Crippen molar-refractivity contribution in [3.63, 3.8) is 0 Å². The molecule has 1 fully saturated rings. The molecule has 23 heavy (non-hydrogen) atoms. The number of nitrogens with two attached hydrogens (primary N) is 1. The molecule has 1 saturated heterocycles. The van der Waals surface area contributed by atoms with E-state index >= 15 is 0 Å². The third-order valence-corrected chi connectivity index (χ3v) is 4.84. The van der Waals surface area contributed by atoms with Crippen LogP contribution in [0.25, 0.3) is 0 Å². The molecule has 0 aliphatic carbocycles. The normalized spacial score (nSPS) is 19.1. The molecule has 0 aromatic rings. The van der Waals surface area contributed by atoms with Crippen molar-refractivity contribution in [1.82, 2.24) is 4.90 Å². The minimum absolute atomic E-state index is 0.0166. The van der Waals surface area contributed by atoms with Gasteiger partial charge >= 0.3 is 0 Å². The maximum atomic E-state index is 12.3. The van der Waals surface area contributed by atoms with E-state index in [9.17, 15) is 9.59 Å². The Morgan fingerprint density at radius 1 is 1.04 bits per heavy atom. The molecular weight excluding hydrogens is 288 g/mol. The number of ketones is 1. The average Bonchev–Trinajstić information content (AvgIpc) is 3.01. The van der Waals surface area contributed by atoms with Gasteiger partial charge in [0.25, 0.3) is 0 Å². The van der Waals surface area contributed by atoms with Crippen molar-refractivity contribution in [2.75, 3.05) is 6.54 Å². The van der Waals surface area contributed by atoms with Crippen LogP contribution < -0.4 is 5.73 Å². The number of Topliss-reactive ketones (excluding diaryl/α,β-unsaturated/α-hetero) is 1. The lowest BCUT2D eigenvalue weighted by Gasteiger charge is -2.25. The van der Waals surface area contributed by atoms with E-state index in [1.807, 2.05) is 0 Å². The van der Waals surface area contributed by atoms with Crippen LogP contribution in [0.2, 0.25) is 0 Å². The Morgan fingerprint density at radius 3 is 2.17 bits per heavy atom. The van der Waals surface area contributed by atoms with Gasteiger partial charge in [-0.05, 0) is 26.2 Å². The molecule has 1 aliphatic rings. The molecule has 0 aromatic carbocycles. The Balaban J connectivity index is 2.13. The van der Waals surface area contributed by atoms with Crippen molar-refractivity contribution in [2.24, 2.45) is 5.73 Å². The molecule has 0 spiro atoms. The van der Waals surface area contributed by atoms with Crippen LogP contribution in [0.1, 0.15) is 90.9 Å². The zero-order chi connectivity index (χ0) is 17.1. The van der Waals surface area contributed by atoms with Crippen molar-refractivity contribution in [2.45, 2.75) is 103 Å². The molecule has 1 aliphatic heterocycles. The fourth-order valence-electron chi connectivity index (χ4n) is 3.39. The minimum Gasteiger partial charge on any atom is -0.333 e. The lowest BCUT2D eigenvalue weighted by molar-refractivity contribution is -0.138. The number of carbonyl (C=O) groups is 2. The average molecular weight is 325 g/mol. The van der Waals surface area contributed by atoms with Crippen molar-refractivity contribution in [1.29, 1.82) is 0 Å². The summed E-state index contributed by atoms with van der Waals surface area (Å²) in [6.45, 7) is 4.67. The van der Waals surface area contributed by atoms with Crippen molar-refractivity contribution < 1.29 is 9.59 Å². The Hall–Kier alpha value is -0.900. The molecule has 0 aromatic heterocycles. The zero-order valence-electron chi connectivity index (χ0n) is 15.2. The quantitative estimate of drug-likeness (QED) is 0.555. The molecular formula is C19H36N2O2. The van der Waals surface area contributed by atoms with Gasteiger partial charge in [-0.3, -0.25) is 9.59 Å².